The van der Waals surface area contributed by atoms with E-state index in [0.29, 0.717) is 0 Å². The van der Waals surface area contributed by atoms with E-state index in [1.54, 1.807) is 0 Å². The molecule has 3 rings (SSSR count). The second kappa shape index (κ2) is 9.58. The molecule has 0 bridgehead atoms. The molecule has 0 saturated carbocycles. The van der Waals surface area contributed by atoms with Crippen LogP contribution in [0, 0.1) is 0 Å². The molecule has 0 spiro atoms. The van der Waals surface area contributed by atoms with E-state index in [9.17, 15) is 0 Å². The molecule has 1 heteroatoms. The molecule has 3 aromatic carbocycles. The van der Waals surface area contributed by atoms with Crippen LogP contribution in [0.4, 0.5) is 0 Å². The van der Waals surface area contributed by atoms with Crippen molar-refractivity contribution in [2.24, 2.45) is 0 Å². The molecular weight excluding hydrogens is 368 g/mol. The standard InChI is InChI=1S/C24H25Br/c25-16-10-2-1-5-11-20-17-23(21-12-6-3-7-13-21)19-24(18-20)22-14-8-4-9-15-22/h3-4,6-9,12-15,17-19H,1-2,5,10-11,16H2. The van der Waals surface area contributed by atoms with Crippen molar-refractivity contribution in [3.63, 3.8) is 0 Å². The van der Waals surface area contributed by atoms with Gasteiger partial charge in [-0.1, -0.05) is 102 Å². The summed E-state index contributed by atoms with van der Waals surface area (Å²) >= 11 is 3.52. The number of alkyl halides is 1. The van der Waals surface area contributed by atoms with E-state index in [-0.39, 0.29) is 0 Å². The summed E-state index contributed by atoms with van der Waals surface area (Å²) in [6, 6.07) is 28.5. The van der Waals surface area contributed by atoms with E-state index in [1.807, 2.05) is 0 Å². The topological polar surface area (TPSA) is 0 Å². The molecule has 0 aromatic heterocycles. The first-order valence-corrected chi connectivity index (χ1v) is 10.3. The molecule has 25 heavy (non-hydrogen) atoms. The summed E-state index contributed by atoms with van der Waals surface area (Å²) in [4.78, 5) is 0. The lowest BCUT2D eigenvalue weighted by atomic mass is 9.94. The van der Waals surface area contributed by atoms with Crippen LogP contribution in [0.3, 0.4) is 0 Å². The summed E-state index contributed by atoms with van der Waals surface area (Å²) in [7, 11) is 0. The lowest BCUT2D eigenvalue weighted by Crippen LogP contribution is -1.90. The summed E-state index contributed by atoms with van der Waals surface area (Å²) in [5.41, 5.74) is 6.66. The number of unbranched alkanes of at least 4 members (excludes halogenated alkanes) is 3. The Hall–Kier alpha value is -1.86. The maximum Gasteiger partial charge on any atom is 0.00313 e. The Morgan fingerprint density at radius 2 is 1.04 bits per heavy atom. The van der Waals surface area contributed by atoms with Crippen molar-refractivity contribution in [1.29, 1.82) is 0 Å². The second-order valence-electron chi connectivity index (χ2n) is 6.50. The van der Waals surface area contributed by atoms with Gasteiger partial charge in [0, 0.05) is 5.33 Å². The van der Waals surface area contributed by atoms with E-state index >= 15 is 0 Å². The first-order valence-electron chi connectivity index (χ1n) is 9.17. The van der Waals surface area contributed by atoms with Gasteiger partial charge < -0.3 is 0 Å². The zero-order valence-electron chi connectivity index (χ0n) is 14.6. The normalized spacial score (nSPS) is 10.8. The van der Waals surface area contributed by atoms with Crippen LogP contribution in [0.2, 0.25) is 0 Å². The van der Waals surface area contributed by atoms with E-state index in [1.165, 1.54) is 53.5 Å². The minimum absolute atomic E-state index is 1.12. The molecule has 0 amide bonds. The molecule has 0 fully saturated rings. The van der Waals surface area contributed by atoms with Crippen LogP contribution in [-0.4, -0.2) is 5.33 Å². The monoisotopic (exact) mass is 392 g/mol. The average Bonchev–Trinajstić information content (AvgIpc) is 2.69. The molecule has 0 radical (unpaired) electrons. The Bertz CT molecular complexity index is 705. The van der Waals surface area contributed by atoms with Crippen molar-refractivity contribution < 1.29 is 0 Å². The summed E-state index contributed by atoms with van der Waals surface area (Å²) in [5.74, 6) is 0. The highest BCUT2D eigenvalue weighted by molar-refractivity contribution is 9.09. The molecule has 0 aliphatic carbocycles. The van der Waals surface area contributed by atoms with Crippen molar-refractivity contribution in [1.82, 2.24) is 0 Å². The van der Waals surface area contributed by atoms with Crippen molar-refractivity contribution in [2.45, 2.75) is 32.1 Å². The van der Waals surface area contributed by atoms with Gasteiger partial charge in [0.05, 0.1) is 0 Å². The number of rotatable bonds is 8. The zero-order valence-corrected chi connectivity index (χ0v) is 16.2. The van der Waals surface area contributed by atoms with Crippen LogP contribution in [0.5, 0.6) is 0 Å². The number of benzene rings is 3. The fraction of sp³-hybridized carbons (Fsp3) is 0.250. The van der Waals surface area contributed by atoms with Gasteiger partial charge in [-0.25, -0.2) is 0 Å². The van der Waals surface area contributed by atoms with Gasteiger partial charge in [-0.3, -0.25) is 0 Å². The van der Waals surface area contributed by atoms with Crippen molar-refractivity contribution >= 4 is 15.9 Å². The minimum atomic E-state index is 1.12. The van der Waals surface area contributed by atoms with Crippen LogP contribution in [-0.2, 0) is 6.42 Å². The summed E-state index contributed by atoms with van der Waals surface area (Å²) in [6.45, 7) is 0. The van der Waals surface area contributed by atoms with Gasteiger partial charge in [-0.05, 0) is 53.1 Å². The van der Waals surface area contributed by atoms with Gasteiger partial charge in [0.25, 0.3) is 0 Å². The third-order valence-corrected chi connectivity index (χ3v) is 5.12. The molecule has 0 N–H and O–H groups in total. The zero-order chi connectivity index (χ0) is 17.3. The predicted molar refractivity (Wildman–Crippen MR) is 113 cm³/mol. The molecule has 3 aromatic rings. The third-order valence-electron chi connectivity index (χ3n) is 4.56. The molecule has 0 saturated heterocycles. The number of hydrogen-bond donors (Lipinski definition) is 0. The van der Waals surface area contributed by atoms with E-state index in [4.69, 9.17) is 0 Å². The van der Waals surface area contributed by atoms with E-state index in [0.717, 1.165) is 11.8 Å². The Morgan fingerprint density at radius 1 is 0.520 bits per heavy atom. The Balaban J connectivity index is 1.86. The molecule has 0 nitrogen and oxygen atoms in total. The Labute approximate surface area is 160 Å². The van der Waals surface area contributed by atoms with Crippen LogP contribution < -0.4 is 0 Å². The van der Waals surface area contributed by atoms with Gasteiger partial charge in [-0.15, -0.1) is 0 Å². The van der Waals surface area contributed by atoms with Gasteiger partial charge in [0.15, 0.2) is 0 Å². The number of aryl methyl sites for hydroxylation is 1. The first kappa shape index (κ1) is 17.9. The van der Waals surface area contributed by atoms with E-state index in [2.05, 4.69) is 94.8 Å². The smallest absolute Gasteiger partial charge is 0.00313 e. The lowest BCUT2D eigenvalue weighted by molar-refractivity contribution is 0.672. The maximum absolute atomic E-state index is 3.52. The van der Waals surface area contributed by atoms with Crippen LogP contribution in [0.25, 0.3) is 22.3 Å². The SMILES string of the molecule is BrCCCCCCc1cc(-c2ccccc2)cc(-c2ccccc2)c1. The van der Waals surface area contributed by atoms with Gasteiger partial charge in [-0.2, -0.15) is 0 Å². The fourth-order valence-electron chi connectivity index (χ4n) is 3.21. The number of hydrogen-bond acceptors (Lipinski definition) is 0. The molecule has 128 valence electrons. The molecular formula is C24H25Br. The highest BCUT2D eigenvalue weighted by Crippen LogP contribution is 2.29. The second-order valence-corrected chi connectivity index (χ2v) is 7.30. The van der Waals surface area contributed by atoms with Gasteiger partial charge in [0.2, 0.25) is 0 Å². The molecule has 0 aliphatic rings. The van der Waals surface area contributed by atoms with Crippen molar-refractivity contribution in [3.05, 3.63) is 84.4 Å². The quantitative estimate of drug-likeness (QED) is 0.274. The van der Waals surface area contributed by atoms with Gasteiger partial charge >= 0.3 is 0 Å². The lowest BCUT2D eigenvalue weighted by Gasteiger charge is -2.11. The van der Waals surface area contributed by atoms with Crippen LogP contribution >= 0.6 is 15.9 Å². The third kappa shape index (κ3) is 5.31. The molecule has 0 heterocycles. The van der Waals surface area contributed by atoms with Crippen LogP contribution in [0.1, 0.15) is 31.2 Å². The first-order chi connectivity index (χ1) is 12.4. The molecule has 0 unspecified atom stereocenters. The van der Waals surface area contributed by atoms with Crippen molar-refractivity contribution in [2.75, 3.05) is 5.33 Å². The maximum atomic E-state index is 3.52. The molecule has 0 aliphatic heterocycles. The summed E-state index contributed by atoms with van der Waals surface area (Å²) < 4.78 is 0. The van der Waals surface area contributed by atoms with Gasteiger partial charge in [0.1, 0.15) is 0 Å². The predicted octanol–water partition coefficient (Wildman–Crippen LogP) is 7.52. The summed E-state index contributed by atoms with van der Waals surface area (Å²) in [5, 5.41) is 1.12. The van der Waals surface area contributed by atoms with Crippen LogP contribution in [0.15, 0.2) is 78.9 Å². The average molecular weight is 393 g/mol. The highest BCUT2D eigenvalue weighted by Gasteiger charge is 2.05. The largest absolute Gasteiger partial charge is 0.0928 e. The fourth-order valence-corrected chi connectivity index (χ4v) is 3.60. The van der Waals surface area contributed by atoms with Crippen molar-refractivity contribution in [3.8, 4) is 22.3 Å². The Kier molecular flexibility index (Phi) is 6.88. The van der Waals surface area contributed by atoms with E-state index < -0.39 is 0 Å². The molecule has 0 atom stereocenters. The summed E-state index contributed by atoms with van der Waals surface area (Å²) in [6.07, 6.45) is 6.32. The minimum Gasteiger partial charge on any atom is -0.0928 e. The highest BCUT2D eigenvalue weighted by atomic mass is 79.9. The number of halogens is 1. The Morgan fingerprint density at radius 3 is 1.56 bits per heavy atom.